The number of ether oxygens (including phenoxy) is 1. The van der Waals surface area contributed by atoms with Crippen LogP contribution in [-0.2, 0) is 6.54 Å². The molecule has 0 radical (unpaired) electrons. The molecule has 0 atom stereocenters. The normalized spacial score (nSPS) is 11.2. The van der Waals surface area contributed by atoms with Gasteiger partial charge in [0.15, 0.2) is 0 Å². The third-order valence-corrected chi connectivity index (χ3v) is 7.60. The molecular formula is C32H32N4O4. The molecule has 0 N–H and O–H groups in total. The first kappa shape index (κ1) is 26.9. The van der Waals surface area contributed by atoms with Crippen LogP contribution in [0, 0.1) is 34.6 Å². The summed E-state index contributed by atoms with van der Waals surface area (Å²) in [7, 11) is 3.28. The third-order valence-electron chi connectivity index (χ3n) is 7.60. The monoisotopic (exact) mass is 536 g/mol. The molecule has 0 unspecified atom stereocenters. The molecule has 3 aromatic heterocycles. The second-order valence-corrected chi connectivity index (χ2v) is 10.1. The maximum absolute atomic E-state index is 14.0. The molecule has 0 aliphatic rings. The van der Waals surface area contributed by atoms with Crippen molar-refractivity contribution < 1.29 is 14.1 Å². The van der Waals surface area contributed by atoms with Crippen LogP contribution < -0.4 is 15.2 Å². The minimum atomic E-state index is -0.400. The molecule has 0 aliphatic carbocycles. The summed E-state index contributed by atoms with van der Waals surface area (Å²) < 4.78 is 12.8. The number of aryl methyl sites for hydroxylation is 4. The Morgan fingerprint density at radius 1 is 1.02 bits per heavy atom. The Bertz CT molecular complexity index is 1780. The number of nitrogens with zero attached hydrogens (tertiary/aromatic N) is 4. The van der Waals surface area contributed by atoms with Crippen LogP contribution in [0.1, 0.15) is 44.2 Å². The van der Waals surface area contributed by atoms with E-state index in [-0.39, 0.29) is 18.0 Å². The van der Waals surface area contributed by atoms with Crippen molar-refractivity contribution in [2.24, 2.45) is 0 Å². The number of fused-ring (bicyclic) bond motifs is 1. The van der Waals surface area contributed by atoms with Gasteiger partial charge in [-0.05, 0) is 87.7 Å². The van der Waals surface area contributed by atoms with E-state index >= 15 is 0 Å². The van der Waals surface area contributed by atoms with Gasteiger partial charge in [-0.25, -0.2) is 0 Å². The number of rotatable bonds is 6. The average molecular weight is 537 g/mol. The standard InChI is InChI=1S/C32H32N4O4/c1-18-12-25(13-19(2)20(18)3)35(6)31(37)27-15-23-14-26(30-21(4)34-40-22(30)5)29(39-7)16-28(23)36(32(27)38)17-24-10-8-9-11-33-24/h8-16H,17H2,1-7H3. The highest BCUT2D eigenvalue weighted by Crippen LogP contribution is 2.37. The number of aromatic nitrogens is 3. The van der Waals surface area contributed by atoms with Crippen LogP contribution in [0.3, 0.4) is 0 Å². The largest absolute Gasteiger partial charge is 0.496 e. The number of amides is 1. The molecule has 3 heterocycles. The van der Waals surface area contributed by atoms with Crippen LogP contribution in [-0.4, -0.2) is 34.8 Å². The second kappa shape index (κ2) is 10.4. The smallest absolute Gasteiger partial charge is 0.264 e. The summed E-state index contributed by atoms with van der Waals surface area (Å²) in [4.78, 5) is 33.9. The van der Waals surface area contributed by atoms with Gasteiger partial charge in [-0.15, -0.1) is 0 Å². The number of benzene rings is 2. The summed E-state index contributed by atoms with van der Waals surface area (Å²) in [5.74, 6) is 0.829. The minimum Gasteiger partial charge on any atom is -0.496 e. The Morgan fingerprint density at radius 3 is 2.35 bits per heavy atom. The number of hydrogen-bond acceptors (Lipinski definition) is 6. The van der Waals surface area contributed by atoms with Gasteiger partial charge in [0.1, 0.15) is 17.1 Å². The Labute approximate surface area is 232 Å². The van der Waals surface area contributed by atoms with Gasteiger partial charge in [-0.3, -0.25) is 14.6 Å². The molecule has 0 aliphatic heterocycles. The fourth-order valence-corrected chi connectivity index (χ4v) is 5.11. The Balaban J connectivity index is 1.75. The van der Waals surface area contributed by atoms with Gasteiger partial charge < -0.3 is 18.7 Å². The first-order valence-corrected chi connectivity index (χ1v) is 13.0. The van der Waals surface area contributed by atoms with Gasteiger partial charge in [0.2, 0.25) is 0 Å². The van der Waals surface area contributed by atoms with Crippen molar-refractivity contribution in [1.82, 2.24) is 14.7 Å². The predicted molar refractivity (Wildman–Crippen MR) is 156 cm³/mol. The van der Waals surface area contributed by atoms with Crippen LogP contribution in [0.5, 0.6) is 5.75 Å². The van der Waals surface area contributed by atoms with Crippen LogP contribution >= 0.6 is 0 Å². The first-order valence-electron chi connectivity index (χ1n) is 13.0. The van der Waals surface area contributed by atoms with E-state index in [1.807, 2.05) is 70.2 Å². The van der Waals surface area contributed by atoms with Gasteiger partial charge >= 0.3 is 0 Å². The summed E-state index contributed by atoms with van der Waals surface area (Å²) in [6.07, 6.45) is 1.68. The Kier molecular flexibility index (Phi) is 7.02. The highest BCUT2D eigenvalue weighted by molar-refractivity contribution is 6.07. The molecule has 0 saturated heterocycles. The van der Waals surface area contributed by atoms with E-state index in [4.69, 9.17) is 9.26 Å². The number of hydrogen-bond donors (Lipinski definition) is 0. The number of methoxy groups -OCH3 is 1. The third kappa shape index (κ3) is 4.66. The van der Waals surface area contributed by atoms with Crippen LogP contribution in [0.2, 0.25) is 0 Å². The molecular weight excluding hydrogens is 504 g/mol. The van der Waals surface area contributed by atoms with Crippen molar-refractivity contribution in [1.29, 1.82) is 0 Å². The van der Waals surface area contributed by atoms with E-state index in [9.17, 15) is 9.59 Å². The lowest BCUT2D eigenvalue weighted by Gasteiger charge is -2.21. The number of anilines is 1. The fourth-order valence-electron chi connectivity index (χ4n) is 5.11. The lowest BCUT2D eigenvalue weighted by Crippen LogP contribution is -2.35. The van der Waals surface area contributed by atoms with Gasteiger partial charge in [-0.1, -0.05) is 11.2 Å². The van der Waals surface area contributed by atoms with E-state index in [0.29, 0.717) is 28.1 Å². The van der Waals surface area contributed by atoms with Crippen LogP contribution in [0.25, 0.3) is 22.0 Å². The van der Waals surface area contributed by atoms with Gasteiger partial charge in [0, 0.05) is 35.9 Å². The topological polar surface area (TPSA) is 90.5 Å². The lowest BCUT2D eigenvalue weighted by molar-refractivity contribution is 0.0991. The predicted octanol–water partition coefficient (Wildman–Crippen LogP) is 5.93. The molecule has 0 spiro atoms. The highest BCUT2D eigenvalue weighted by atomic mass is 16.5. The molecule has 40 heavy (non-hydrogen) atoms. The summed E-state index contributed by atoms with van der Waals surface area (Å²) in [5.41, 5.74) is 7.36. The van der Waals surface area contributed by atoms with Gasteiger partial charge in [0.05, 0.1) is 36.1 Å². The van der Waals surface area contributed by atoms with Crippen molar-refractivity contribution in [3.05, 3.63) is 104 Å². The molecule has 2 aromatic carbocycles. The van der Waals surface area contributed by atoms with Crippen molar-refractivity contribution in [2.75, 3.05) is 19.1 Å². The molecule has 0 fully saturated rings. The van der Waals surface area contributed by atoms with E-state index in [1.165, 1.54) is 10.5 Å². The maximum Gasteiger partial charge on any atom is 0.264 e. The zero-order chi connectivity index (χ0) is 28.7. The summed E-state index contributed by atoms with van der Waals surface area (Å²) >= 11 is 0. The van der Waals surface area contributed by atoms with Crippen molar-refractivity contribution >= 4 is 22.5 Å². The van der Waals surface area contributed by atoms with E-state index < -0.39 is 5.56 Å². The van der Waals surface area contributed by atoms with Crippen molar-refractivity contribution in [3.8, 4) is 16.9 Å². The highest BCUT2D eigenvalue weighted by Gasteiger charge is 2.24. The summed E-state index contributed by atoms with van der Waals surface area (Å²) in [6.45, 7) is 9.99. The van der Waals surface area contributed by atoms with Gasteiger partial charge in [0.25, 0.3) is 11.5 Å². The van der Waals surface area contributed by atoms with Crippen LogP contribution in [0.15, 0.2) is 64.0 Å². The van der Waals surface area contributed by atoms with Crippen molar-refractivity contribution in [3.63, 3.8) is 0 Å². The summed E-state index contributed by atoms with van der Waals surface area (Å²) in [5, 5.41) is 4.81. The molecule has 5 rings (SSSR count). The number of carbonyl (C=O) groups excluding carboxylic acids is 1. The SMILES string of the molecule is COc1cc2c(cc1-c1c(C)noc1C)cc(C(=O)N(C)c1cc(C)c(C)c(C)c1)c(=O)n2Cc1ccccn1. The van der Waals surface area contributed by atoms with Crippen molar-refractivity contribution in [2.45, 2.75) is 41.2 Å². The van der Waals surface area contributed by atoms with Crippen LogP contribution in [0.4, 0.5) is 5.69 Å². The lowest BCUT2D eigenvalue weighted by atomic mass is 9.99. The molecule has 8 nitrogen and oxygen atoms in total. The quantitative estimate of drug-likeness (QED) is 0.267. The molecule has 0 bridgehead atoms. The molecule has 8 heteroatoms. The second-order valence-electron chi connectivity index (χ2n) is 10.1. The minimum absolute atomic E-state index is 0.0664. The Morgan fingerprint density at radius 2 is 1.75 bits per heavy atom. The zero-order valence-electron chi connectivity index (χ0n) is 23.8. The van der Waals surface area contributed by atoms with E-state index in [2.05, 4.69) is 17.1 Å². The molecule has 0 saturated carbocycles. The molecule has 5 aromatic rings. The maximum atomic E-state index is 14.0. The summed E-state index contributed by atoms with van der Waals surface area (Å²) in [6, 6.07) is 14.9. The van der Waals surface area contributed by atoms with Gasteiger partial charge in [-0.2, -0.15) is 0 Å². The molecule has 1 amide bonds. The van der Waals surface area contributed by atoms with E-state index in [0.717, 1.165) is 33.6 Å². The number of pyridine rings is 2. The zero-order valence-corrected chi connectivity index (χ0v) is 23.8. The number of carbonyl (C=O) groups is 1. The molecule has 204 valence electrons. The average Bonchev–Trinajstić information content (AvgIpc) is 3.29. The fraction of sp³-hybridized carbons (Fsp3) is 0.250. The first-order chi connectivity index (χ1) is 19.1. The van der Waals surface area contributed by atoms with E-state index in [1.54, 1.807) is 31.0 Å². The Hall–Kier alpha value is -4.72.